The van der Waals surface area contributed by atoms with Crippen molar-refractivity contribution in [3.8, 4) is 0 Å². The molecule has 1 amide bonds. The standard InChI is InChI=1S/C13H27NO2/c1-5-8-10(4)13(16)14-9-12(15)11(6-2)7-3/h10-12,15H,5-9H2,1-4H3,(H,14,16). The van der Waals surface area contributed by atoms with Gasteiger partial charge in [0, 0.05) is 12.5 Å². The quantitative estimate of drug-likeness (QED) is 0.671. The third kappa shape index (κ3) is 5.50. The Bertz CT molecular complexity index is 190. The number of aliphatic hydroxyl groups is 1. The zero-order valence-corrected chi connectivity index (χ0v) is 11.1. The van der Waals surface area contributed by atoms with Gasteiger partial charge in [-0.25, -0.2) is 0 Å². The first-order valence-corrected chi connectivity index (χ1v) is 6.52. The van der Waals surface area contributed by atoms with Crippen LogP contribution in [0.5, 0.6) is 0 Å². The fourth-order valence-electron chi connectivity index (χ4n) is 1.94. The number of aliphatic hydroxyl groups excluding tert-OH is 1. The van der Waals surface area contributed by atoms with E-state index in [1.165, 1.54) is 0 Å². The Balaban J connectivity index is 3.90. The molecule has 0 aromatic rings. The Morgan fingerprint density at radius 3 is 2.25 bits per heavy atom. The molecule has 0 heterocycles. The second-order valence-corrected chi connectivity index (χ2v) is 4.58. The van der Waals surface area contributed by atoms with Gasteiger partial charge in [0.1, 0.15) is 0 Å². The molecule has 2 N–H and O–H groups in total. The van der Waals surface area contributed by atoms with Crippen molar-refractivity contribution in [2.75, 3.05) is 6.54 Å². The highest BCUT2D eigenvalue weighted by molar-refractivity contribution is 5.78. The summed E-state index contributed by atoms with van der Waals surface area (Å²) in [5.41, 5.74) is 0. The van der Waals surface area contributed by atoms with Crippen LogP contribution in [-0.2, 0) is 4.79 Å². The second-order valence-electron chi connectivity index (χ2n) is 4.58. The topological polar surface area (TPSA) is 49.3 Å². The first-order valence-electron chi connectivity index (χ1n) is 6.52. The number of amides is 1. The number of hydrogen-bond acceptors (Lipinski definition) is 2. The van der Waals surface area contributed by atoms with Gasteiger partial charge in [0.05, 0.1) is 6.10 Å². The van der Waals surface area contributed by atoms with E-state index in [2.05, 4.69) is 26.1 Å². The summed E-state index contributed by atoms with van der Waals surface area (Å²) in [5, 5.41) is 12.7. The Kier molecular flexibility index (Phi) is 8.26. The van der Waals surface area contributed by atoms with Crippen LogP contribution < -0.4 is 5.32 Å². The van der Waals surface area contributed by atoms with Crippen molar-refractivity contribution in [2.24, 2.45) is 11.8 Å². The smallest absolute Gasteiger partial charge is 0.222 e. The monoisotopic (exact) mass is 229 g/mol. The molecule has 0 aromatic heterocycles. The van der Waals surface area contributed by atoms with E-state index in [9.17, 15) is 9.90 Å². The zero-order chi connectivity index (χ0) is 12.6. The first kappa shape index (κ1) is 15.4. The zero-order valence-electron chi connectivity index (χ0n) is 11.1. The summed E-state index contributed by atoms with van der Waals surface area (Å²) < 4.78 is 0. The van der Waals surface area contributed by atoms with Crippen molar-refractivity contribution < 1.29 is 9.90 Å². The van der Waals surface area contributed by atoms with Crippen LogP contribution >= 0.6 is 0 Å². The van der Waals surface area contributed by atoms with Gasteiger partial charge in [-0.05, 0) is 12.3 Å². The van der Waals surface area contributed by atoms with E-state index in [0.29, 0.717) is 12.5 Å². The van der Waals surface area contributed by atoms with E-state index >= 15 is 0 Å². The maximum Gasteiger partial charge on any atom is 0.222 e. The molecule has 0 rings (SSSR count). The lowest BCUT2D eigenvalue weighted by atomic mass is 9.96. The van der Waals surface area contributed by atoms with Gasteiger partial charge in [-0.1, -0.05) is 47.0 Å². The Morgan fingerprint density at radius 2 is 1.81 bits per heavy atom. The van der Waals surface area contributed by atoms with Crippen LogP contribution in [-0.4, -0.2) is 23.7 Å². The average molecular weight is 229 g/mol. The minimum atomic E-state index is -0.409. The molecule has 0 aromatic carbocycles. The van der Waals surface area contributed by atoms with E-state index in [-0.39, 0.29) is 11.8 Å². The summed E-state index contributed by atoms with van der Waals surface area (Å²) >= 11 is 0. The molecule has 3 nitrogen and oxygen atoms in total. The summed E-state index contributed by atoms with van der Waals surface area (Å²) in [6.07, 6.45) is 3.43. The molecule has 0 radical (unpaired) electrons. The number of rotatable bonds is 8. The predicted molar refractivity (Wildman–Crippen MR) is 67.2 cm³/mol. The number of carbonyl (C=O) groups excluding carboxylic acids is 1. The van der Waals surface area contributed by atoms with Crippen LogP contribution in [0.1, 0.15) is 53.4 Å². The molecule has 2 atom stereocenters. The van der Waals surface area contributed by atoms with Gasteiger partial charge in [-0.2, -0.15) is 0 Å². The summed E-state index contributed by atoms with van der Waals surface area (Å²) in [6, 6.07) is 0. The van der Waals surface area contributed by atoms with E-state index in [4.69, 9.17) is 0 Å². The fraction of sp³-hybridized carbons (Fsp3) is 0.923. The van der Waals surface area contributed by atoms with Crippen LogP contribution in [0.3, 0.4) is 0 Å². The predicted octanol–water partition coefficient (Wildman–Crippen LogP) is 2.34. The lowest BCUT2D eigenvalue weighted by Crippen LogP contribution is -2.38. The molecule has 3 heteroatoms. The summed E-state index contributed by atoms with van der Waals surface area (Å²) in [4.78, 5) is 11.6. The number of nitrogens with one attached hydrogen (secondary N) is 1. The van der Waals surface area contributed by atoms with Gasteiger partial charge < -0.3 is 10.4 Å². The Hall–Kier alpha value is -0.570. The maximum atomic E-state index is 11.6. The molecular weight excluding hydrogens is 202 g/mol. The molecule has 96 valence electrons. The van der Waals surface area contributed by atoms with Crippen LogP contribution in [0.2, 0.25) is 0 Å². The Labute approximate surface area is 99.6 Å². The van der Waals surface area contributed by atoms with Crippen molar-refractivity contribution in [3.05, 3.63) is 0 Å². The molecule has 16 heavy (non-hydrogen) atoms. The number of hydrogen-bond donors (Lipinski definition) is 2. The second kappa shape index (κ2) is 8.57. The minimum absolute atomic E-state index is 0.0545. The lowest BCUT2D eigenvalue weighted by Gasteiger charge is -2.21. The number of carbonyl (C=O) groups is 1. The van der Waals surface area contributed by atoms with Gasteiger partial charge in [0.2, 0.25) is 5.91 Å². The van der Waals surface area contributed by atoms with Crippen LogP contribution in [0.4, 0.5) is 0 Å². The minimum Gasteiger partial charge on any atom is -0.391 e. The highest BCUT2D eigenvalue weighted by atomic mass is 16.3. The summed E-state index contributed by atoms with van der Waals surface area (Å²) in [7, 11) is 0. The van der Waals surface area contributed by atoms with Gasteiger partial charge in [0.25, 0.3) is 0 Å². The first-order chi connectivity index (χ1) is 7.56. The van der Waals surface area contributed by atoms with Crippen molar-refractivity contribution >= 4 is 5.91 Å². The molecule has 0 aliphatic rings. The molecular formula is C13H27NO2. The van der Waals surface area contributed by atoms with E-state index < -0.39 is 6.10 Å². The highest BCUT2D eigenvalue weighted by Gasteiger charge is 2.18. The van der Waals surface area contributed by atoms with Gasteiger partial charge in [0.15, 0.2) is 0 Å². The van der Waals surface area contributed by atoms with Crippen LogP contribution in [0.15, 0.2) is 0 Å². The average Bonchev–Trinajstić information content (AvgIpc) is 2.27. The molecule has 0 aliphatic carbocycles. The third-order valence-corrected chi connectivity index (χ3v) is 3.25. The Morgan fingerprint density at radius 1 is 1.25 bits per heavy atom. The van der Waals surface area contributed by atoms with Crippen molar-refractivity contribution in [1.82, 2.24) is 5.32 Å². The van der Waals surface area contributed by atoms with Gasteiger partial charge in [-0.3, -0.25) is 4.79 Å². The molecule has 0 aliphatic heterocycles. The lowest BCUT2D eigenvalue weighted by molar-refractivity contribution is -0.125. The third-order valence-electron chi connectivity index (χ3n) is 3.25. The van der Waals surface area contributed by atoms with E-state index in [1.807, 2.05) is 6.92 Å². The fourth-order valence-corrected chi connectivity index (χ4v) is 1.94. The summed E-state index contributed by atoms with van der Waals surface area (Å²) in [5.74, 6) is 0.410. The van der Waals surface area contributed by atoms with Crippen molar-refractivity contribution in [1.29, 1.82) is 0 Å². The highest BCUT2D eigenvalue weighted by Crippen LogP contribution is 2.12. The summed E-state index contributed by atoms with van der Waals surface area (Å²) in [6.45, 7) is 8.53. The van der Waals surface area contributed by atoms with Crippen LogP contribution in [0.25, 0.3) is 0 Å². The van der Waals surface area contributed by atoms with Crippen molar-refractivity contribution in [3.63, 3.8) is 0 Å². The largest absolute Gasteiger partial charge is 0.391 e. The van der Waals surface area contributed by atoms with E-state index in [0.717, 1.165) is 25.7 Å². The molecule has 0 saturated heterocycles. The normalized spacial score (nSPS) is 14.9. The van der Waals surface area contributed by atoms with E-state index in [1.54, 1.807) is 0 Å². The van der Waals surface area contributed by atoms with Crippen molar-refractivity contribution in [2.45, 2.75) is 59.5 Å². The van der Waals surface area contributed by atoms with Crippen LogP contribution in [0, 0.1) is 11.8 Å². The molecule has 0 spiro atoms. The maximum absolute atomic E-state index is 11.6. The van der Waals surface area contributed by atoms with Gasteiger partial charge in [-0.15, -0.1) is 0 Å². The molecule has 0 saturated carbocycles. The van der Waals surface area contributed by atoms with Gasteiger partial charge >= 0.3 is 0 Å². The SMILES string of the molecule is CCCC(C)C(=O)NCC(O)C(CC)CC. The molecule has 0 bridgehead atoms. The molecule has 2 unspecified atom stereocenters. The molecule has 0 fully saturated rings.